The van der Waals surface area contributed by atoms with Gasteiger partial charge in [0.15, 0.2) is 0 Å². The number of unbranched alkanes of at least 4 members (excludes halogenated alkanes) is 1. The highest BCUT2D eigenvalue weighted by Gasteiger charge is 2.42. The molecule has 9 rings (SSSR count). The smallest absolute Gasteiger partial charge is 0.305 e. The highest BCUT2D eigenvalue weighted by atomic mass is 32.2. The number of likely N-dealkylation sites (N-methyl/N-ethyl adjacent to an activating group) is 5. The largest absolute Gasteiger partial charge is 0.508 e. The van der Waals surface area contributed by atoms with Gasteiger partial charge in [0.05, 0.1) is 31.8 Å². The Morgan fingerprint density at radius 1 is 0.432 bits per heavy atom. The molecule has 0 radical (unpaired) electrons. The molecule has 0 aliphatic carbocycles. The number of carboxylic acids is 1. The Morgan fingerprint density at radius 3 is 1.34 bits per heavy atom. The Hall–Kier alpha value is -14.5. The Bertz CT molecular complexity index is 5350. The number of carbonyl (C=O) groups excluding carboxylic acids is 15. The number of nitrogens with two attached hydrogens (primary N) is 1. The van der Waals surface area contributed by atoms with Crippen LogP contribution >= 0.6 is 11.8 Å². The number of thioether (sulfide) groups is 1. The van der Waals surface area contributed by atoms with Crippen molar-refractivity contribution in [1.29, 1.82) is 0 Å². The second-order valence-electron chi connectivity index (χ2n) is 33.1. The normalized spacial score (nSPS) is 21.6. The summed E-state index contributed by atoms with van der Waals surface area (Å²) in [5, 5.41) is 55.7. The number of primary amides is 1. The van der Waals surface area contributed by atoms with Gasteiger partial charge in [0.25, 0.3) is 0 Å². The summed E-state index contributed by atoms with van der Waals surface area (Å²) in [4.78, 5) is 245. The van der Waals surface area contributed by atoms with E-state index in [0.717, 1.165) is 26.5 Å². The summed E-state index contributed by atoms with van der Waals surface area (Å²) < 4.78 is 0. The molecule has 8 aromatic rings. The average Bonchev–Trinajstić information content (AvgIpc) is 1.63. The maximum Gasteiger partial charge on any atom is 0.305 e. The molecule has 11 atom stereocenters. The van der Waals surface area contributed by atoms with E-state index in [0.29, 0.717) is 62.7 Å². The number of phenolic OH excluding ortho intramolecular Hbond substituents is 2. The summed E-state index contributed by atoms with van der Waals surface area (Å²) >= 11 is 0.819. The van der Waals surface area contributed by atoms with Crippen LogP contribution in [0.1, 0.15) is 85.4 Å². The highest BCUT2D eigenvalue weighted by molar-refractivity contribution is 8.00. The van der Waals surface area contributed by atoms with E-state index in [-0.39, 0.29) is 62.9 Å². The number of rotatable bonds is 23. The number of carboxylic acid groups (broad SMARTS) is 1. The molecule has 36 heteroatoms. The number of aromatic hydroxyl groups is 2. The first kappa shape index (κ1) is 101. The molecule has 15 amide bonds. The topological polar surface area (TPSA) is 500 Å². The van der Waals surface area contributed by atoms with Gasteiger partial charge in [-0.3, -0.25) is 76.7 Å². The number of amides is 15. The molecule has 0 saturated carbocycles. The molecule has 0 bridgehead atoms. The highest BCUT2D eigenvalue weighted by Crippen LogP contribution is 2.25. The second-order valence-corrected chi connectivity index (χ2v) is 34.2. The maximum absolute atomic E-state index is 15.6. The van der Waals surface area contributed by atoms with Gasteiger partial charge < -0.3 is 98.4 Å². The van der Waals surface area contributed by atoms with Crippen LogP contribution in [0.3, 0.4) is 0 Å². The number of carbonyl (C=O) groups is 16. The number of aromatic nitrogens is 1. The molecule has 1 unspecified atom stereocenters. The van der Waals surface area contributed by atoms with Crippen LogP contribution in [0.4, 0.5) is 0 Å². The number of aromatic amines is 1. The van der Waals surface area contributed by atoms with Gasteiger partial charge in [-0.05, 0) is 81.6 Å². The number of fused-ring (bicyclic) bond motifs is 1. The Labute approximate surface area is 769 Å². The van der Waals surface area contributed by atoms with E-state index >= 15 is 43.2 Å². The van der Waals surface area contributed by atoms with Crippen LogP contribution in [0, 0.1) is 5.92 Å². The van der Waals surface area contributed by atoms with Crippen LogP contribution in [0.15, 0.2) is 200 Å². The molecule has 1 saturated heterocycles. The zero-order valence-corrected chi connectivity index (χ0v) is 75.7. The van der Waals surface area contributed by atoms with Gasteiger partial charge in [-0.25, -0.2) is 0 Å². The molecule has 1 fully saturated rings. The van der Waals surface area contributed by atoms with Gasteiger partial charge in [0.2, 0.25) is 88.6 Å². The number of nitrogens with zero attached hydrogens (tertiary/aromatic N) is 5. The second kappa shape index (κ2) is 49.4. The number of H-pyrrole nitrogens is 1. The molecular weight excluding hydrogens is 1710 g/mol. The lowest BCUT2D eigenvalue weighted by atomic mass is 9.98. The summed E-state index contributed by atoms with van der Waals surface area (Å²) in [5.41, 5.74) is 9.59. The lowest BCUT2D eigenvalue weighted by molar-refractivity contribution is -0.151. The van der Waals surface area contributed by atoms with Crippen LogP contribution in [0.5, 0.6) is 11.5 Å². The minimum absolute atomic E-state index is 0.0257. The number of para-hydroxylation sites is 1. The molecule has 35 nitrogen and oxygen atoms in total. The standard InChI is InChI=1S/C96H116N16O19S/c1-9-10-35-77-94(129)109(5)55-82(117)101-73(51-84(119)120)90(125)107-85(58(2)3)96(131)111(7)78(48-61-29-19-13-20-30-61)91(126)105-74(47-64-38-42-67(114)43-39-64)92(127)108(4)54-81(116)100-72(50-65-52-98-69-34-24-23-33-68(65)69)89(124)104-71(45-63-36-40-66(113)41-37-63)87(122)103-70(44-59-25-15-11-16-26-59)88(123)106-76(86(121)99-53-80(97)115)56-132-57-83(118)102-75(46-60-27-17-12-18-28-60)93(128)112(8)79(95(130)110(77)6)49-62-31-21-14-22-32-62/h11-34,36-43,52,58,70-79,85,98,113-114H,9-10,35,44-51,53-57H2,1-8H3,(H2,97,115)(H,99,121)(H,100,116)(H,101,117)(H,102,118)(H,103,122)(H,104,124)(H,105,126)(H,106,123)(H,107,125)(H,119,120)/t70-,71-,72-,73-,74-,75-,76-,77-,78?,79-,85-/m0/s1. The number of phenols is 2. The van der Waals surface area contributed by atoms with Crippen molar-refractivity contribution in [2.45, 2.75) is 158 Å². The van der Waals surface area contributed by atoms with Crippen LogP contribution < -0.4 is 53.6 Å². The fourth-order valence-electron chi connectivity index (χ4n) is 15.3. The molecule has 132 heavy (non-hydrogen) atoms. The number of aliphatic carboxylic acids is 1. The molecular formula is C96H116N16O19S. The summed E-state index contributed by atoms with van der Waals surface area (Å²) in [6, 6.07) is 35.3. The van der Waals surface area contributed by atoms with E-state index in [4.69, 9.17) is 5.73 Å². The minimum Gasteiger partial charge on any atom is -0.508 e. The van der Waals surface area contributed by atoms with Crippen LogP contribution in [0.25, 0.3) is 10.9 Å². The summed E-state index contributed by atoms with van der Waals surface area (Å²) in [5.74, 6) is -17.3. The number of benzene rings is 7. The minimum atomic E-state index is -1.91. The summed E-state index contributed by atoms with van der Waals surface area (Å²) in [6.07, 6.45) is -0.151. The van der Waals surface area contributed by atoms with Gasteiger partial charge in [-0.2, -0.15) is 0 Å². The first-order chi connectivity index (χ1) is 63.0. The molecule has 2 heterocycles. The fourth-order valence-corrected chi connectivity index (χ4v) is 16.2. The molecule has 15 N–H and O–H groups in total. The zero-order chi connectivity index (χ0) is 95.8. The predicted octanol–water partition coefficient (Wildman–Crippen LogP) is 2.52. The van der Waals surface area contributed by atoms with Crippen molar-refractivity contribution in [3.63, 3.8) is 0 Å². The maximum atomic E-state index is 15.6. The van der Waals surface area contributed by atoms with Crippen LogP contribution in [-0.4, -0.2) is 272 Å². The van der Waals surface area contributed by atoms with E-state index in [1.807, 2.05) is 6.92 Å². The Kier molecular flexibility index (Phi) is 37.9. The Morgan fingerprint density at radius 2 is 0.841 bits per heavy atom. The first-order valence-electron chi connectivity index (χ1n) is 43.4. The molecule has 1 aromatic heterocycles. The zero-order valence-electron chi connectivity index (χ0n) is 74.9. The quantitative estimate of drug-likeness (QED) is 0.0437. The third kappa shape index (κ3) is 30.1. The SMILES string of the molecule is CCCC[C@H]1C(=O)N(C)CC(=O)N[C@@H](CC(=O)O)C(=O)N[C@@H](C(C)C)C(=O)N(C)C(Cc2ccccc2)C(=O)N[C@@H](Cc2ccc(O)cc2)C(=O)N(C)CC(=O)N[C@@H](Cc2c[nH]c3ccccc23)C(=O)N[C@@H](Cc2ccc(O)cc2)C(=O)N[C@@H](Cc2ccccc2)C(=O)N[C@H](C(=O)NCC(N)=O)CSCC(=O)N[C@@H](Cc2ccccc2)C(=O)N(C)[C@@H](Cc2ccccc2)C(=O)N1C. The van der Waals surface area contributed by atoms with E-state index in [1.165, 1.54) is 93.6 Å². The van der Waals surface area contributed by atoms with E-state index < -0.39 is 205 Å². The van der Waals surface area contributed by atoms with Gasteiger partial charge >= 0.3 is 5.97 Å². The molecule has 7 aromatic carbocycles. The van der Waals surface area contributed by atoms with Crippen molar-refractivity contribution in [3.05, 3.63) is 239 Å². The van der Waals surface area contributed by atoms with Crippen molar-refractivity contribution >= 4 is 117 Å². The Balaban J connectivity index is 1.12. The summed E-state index contributed by atoms with van der Waals surface area (Å²) in [7, 11) is 6.53. The van der Waals surface area contributed by atoms with E-state index in [9.17, 15) is 48.9 Å². The van der Waals surface area contributed by atoms with Gasteiger partial charge in [-0.1, -0.05) is 197 Å². The molecule has 0 spiro atoms. The van der Waals surface area contributed by atoms with Crippen LogP contribution in [0.2, 0.25) is 0 Å². The van der Waals surface area contributed by atoms with Crippen molar-refractivity contribution in [3.8, 4) is 11.5 Å². The third-order valence-corrected chi connectivity index (χ3v) is 23.7. The van der Waals surface area contributed by atoms with Crippen molar-refractivity contribution in [1.82, 2.24) is 77.3 Å². The van der Waals surface area contributed by atoms with E-state index in [1.54, 1.807) is 166 Å². The lowest BCUT2D eigenvalue weighted by Crippen LogP contribution is -2.61. The van der Waals surface area contributed by atoms with Crippen molar-refractivity contribution in [2.24, 2.45) is 11.7 Å². The predicted molar refractivity (Wildman–Crippen MR) is 493 cm³/mol. The van der Waals surface area contributed by atoms with E-state index in [2.05, 4.69) is 52.8 Å². The molecule has 700 valence electrons. The molecule has 1 aliphatic heterocycles. The fraction of sp³-hybridized carbons (Fsp3) is 0.375. The third-order valence-electron chi connectivity index (χ3n) is 22.6. The molecule has 1 aliphatic rings. The van der Waals surface area contributed by atoms with Crippen molar-refractivity contribution < 1.29 is 92.0 Å². The van der Waals surface area contributed by atoms with Gasteiger partial charge in [0.1, 0.15) is 78.0 Å². The number of hydrogen-bond acceptors (Lipinski definition) is 19. The van der Waals surface area contributed by atoms with Gasteiger partial charge in [0, 0.05) is 103 Å². The first-order valence-corrected chi connectivity index (χ1v) is 44.5. The van der Waals surface area contributed by atoms with Crippen molar-refractivity contribution in [2.75, 3.05) is 66.4 Å². The number of nitrogens with one attached hydrogen (secondary N) is 10. The number of hydrogen-bond donors (Lipinski definition) is 14. The average molecular weight is 1830 g/mol. The monoisotopic (exact) mass is 1830 g/mol. The van der Waals surface area contributed by atoms with Gasteiger partial charge in [-0.15, -0.1) is 11.8 Å². The lowest BCUT2D eigenvalue weighted by Gasteiger charge is -2.37. The summed E-state index contributed by atoms with van der Waals surface area (Å²) in [6.45, 7) is 2.65. The van der Waals surface area contributed by atoms with Crippen LogP contribution in [-0.2, 0) is 122 Å².